The highest BCUT2D eigenvalue weighted by molar-refractivity contribution is 6.22. The van der Waals surface area contributed by atoms with Gasteiger partial charge in [0.1, 0.15) is 5.52 Å². The number of hydrogen-bond acceptors (Lipinski definition) is 3. The summed E-state index contributed by atoms with van der Waals surface area (Å²) in [7, 11) is 0. The standard InChI is InChI=1S/C55H35N3O/c1-3-15-36(16-4-1)42-31-34-49(45-25-12-11-24-44(42)45)58(52-28-14-27-48-54(52)59-55(56-48)46-26-13-19-37-17-7-9-22-41(37)46)40-30-33-50-47(35-40)53-43-23-10-8-18-38(43)29-32-51(53)57(50)39-20-5-2-6-21-39/h1-35H. The fourth-order valence-corrected chi connectivity index (χ4v) is 9.17. The van der Waals surface area contributed by atoms with Crippen molar-refractivity contribution in [2.45, 2.75) is 0 Å². The molecule has 10 aromatic carbocycles. The zero-order valence-electron chi connectivity index (χ0n) is 32.0. The van der Waals surface area contributed by atoms with E-state index in [4.69, 9.17) is 9.40 Å². The Bertz CT molecular complexity index is 3560. The van der Waals surface area contributed by atoms with Crippen molar-refractivity contribution in [3.63, 3.8) is 0 Å². The summed E-state index contributed by atoms with van der Waals surface area (Å²) >= 11 is 0. The molecule has 0 unspecified atom stereocenters. The third-order valence-electron chi connectivity index (χ3n) is 11.8. The first kappa shape index (κ1) is 33.2. The largest absolute Gasteiger partial charge is 0.434 e. The number of fused-ring (bicyclic) bond motifs is 8. The summed E-state index contributed by atoms with van der Waals surface area (Å²) in [4.78, 5) is 7.51. The monoisotopic (exact) mass is 753 g/mol. The second-order valence-corrected chi connectivity index (χ2v) is 15.1. The van der Waals surface area contributed by atoms with Gasteiger partial charge in [0.05, 0.1) is 22.4 Å². The lowest BCUT2D eigenvalue weighted by atomic mass is 9.96. The number of benzene rings is 10. The van der Waals surface area contributed by atoms with Gasteiger partial charge in [0.2, 0.25) is 5.89 Å². The highest BCUT2D eigenvalue weighted by Gasteiger charge is 2.24. The van der Waals surface area contributed by atoms with E-state index >= 15 is 0 Å². The van der Waals surface area contributed by atoms with Gasteiger partial charge in [-0.25, -0.2) is 4.98 Å². The molecule has 0 aliphatic heterocycles. The lowest BCUT2D eigenvalue weighted by Crippen LogP contribution is -2.11. The molecule has 0 aliphatic rings. The van der Waals surface area contributed by atoms with E-state index in [0.29, 0.717) is 5.89 Å². The van der Waals surface area contributed by atoms with Crippen LogP contribution in [-0.4, -0.2) is 9.55 Å². The Balaban J connectivity index is 1.16. The minimum Gasteiger partial charge on any atom is -0.434 e. The Labute approximate surface area is 340 Å². The number of anilines is 3. The normalized spacial score (nSPS) is 11.7. The molecule has 0 bridgehead atoms. The van der Waals surface area contributed by atoms with Crippen LogP contribution < -0.4 is 4.90 Å². The van der Waals surface area contributed by atoms with Crippen LogP contribution in [-0.2, 0) is 0 Å². The average molecular weight is 754 g/mol. The van der Waals surface area contributed by atoms with Gasteiger partial charge < -0.3 is 13.9 Å². The molecule has 4 nitrogen and oxygen atoms in total. The fourth-order valence-electron chi connectivity index (χ4n) is 9.17. The molecule has 0 radical (unpaired) electrons. The summed E-state index contributed by atoms with van der Waals surface area (Å²) in [5.74, 6) is 0.598. The molecule has 2 heterocycles. The number of nitrogens with zero attached hydrogens (tertiary/aromatic N) is 3. The van der Waals surface area contributed by atoms with Gasteiger partial charge in [0.25, 0.3) is 0 Å². The van der Waals surface area contributed by atoms with Crippen molar-refractivity contribution in [3.05, 3.63) is 212 Å². The van der Waals surface area contributed by atoms with Gasteiger partial charge >= 0.3 is 0 Å². The Morgan fingerprint density at radius 2 is 1.08 bits per heavy atom. The molecule has 59 heavy (non-hydrogen) atoms. The predicted molar refractivity (Wildman–Crippen MR) is 246 cm³/mol. The molecule has 12 aromatic rings. The minimum atomic E-state index is 0.598. The quantitative estimate of drug-likeness (QED) is 0.170. The second kappa shape index (κ2) is 13.3. The fraction of sp³-hybridized carbons (Fsp3) is 0. The van der Waals surface area contributed by atoms with Crippen molar-refractivity contribution < 1.29 is 4.42 Å². The van der Waals surface area contributed by atoms with Crippen LogP contribution in [0.5, 0.6) is 0 Å². The van der Waals surface area contributed by atoms with Crippen molar-refractivity contribution >= 4 is 82.3 Å². The molecule has 12 rings (SSSR count). The molecule has 0 aliphatic carbocycles. The molecule has 0 saturated heterocycles. The summed E-state index contributed by atoms with van der Waals surface area (Å²) < 4.78 is 9.33. The van der Waals surface area contributed by atoms with Gasteiger partial charge in [-0.05, 0) is 98.7 Å². The highest BCUT2D eigenvalue weighted by atomic mass is 16.3. The first-order chi connectivity index (χ1) is 29.3. The maximum Gasteiger partial charge on any atom is 0.228 e. The number of hydrogen-bond donors (Lipinski definition) is 0. The van der Waals surface area contributed by atoms with Crippen molar-refractivity contribution in [1.29, 1.82) is 0 Å². The number of oxazole rings is 1. The molecule has 0 fully saturated rings. The average Bonchev–Trinajstić information content (AvgIpc) is 3.90. The molecule has 0 spiro atoms. The van der Waals surface area contributed by atoms with Crippen LogP contribution in [0.25, 0.3) is 93.5 Å². The third-order valence-corrected chi connectivity index (χ3v) is 11.8. The molecule has 0 atom stereocenters. The van der Waals surface area contributed by atoms with E-state index < -0.39 is 0 Å². The van der Waals surface area contributed by atoms with Crippen molar-refractivity contribution in [1.82, 2.24) is 9.55 Å². The van der Waals surface area contributed by atoms with E-state index in [1.165, 1.54) is 43.6 Å². The summed E-state index contributed by atoms with van der Waals surface area (Å²) in [5.41, 5.74) is 11.3. The number of rotatable bonds is 6. The van der Waals surface area contributed by atoms with Crippen LogP contribution in [0.15, 0.2) is 217 Å². The summed E-state index contributed by atoms with van der Waals surface area (Å²) in [5, 5.41) is 9.41. The number of aromatic nitrogens is 2. The molecule has 2 aromatic heterocycles. The predicted octanol–water partition coefficient (Wildman–Crippen LogP) is 15.2. The number of para-hydroxylation sites is 2. The Morgan fingerprint density at radius 1 is 0.424 bits per heavy atom. The van der Waals surface area contributed by atoms with Crippen LogP contribution in [0.1, 0.15) is 0 Å². The lowest BCUT2D eigenvalue weighted by molar-refractivity contribution is 0.621. The maximum atomic E-state index is 6.94. The zero-order chi connectivity index (χ0) is 38.9. The summed E-state index contributed by atoms with van der Waals surface area (Å²) in [6.45, 7) is 0. The van der Waals surface area contributed by atoms with Gasteiger partial charge in [-0.2, -0.15) is 0 Å². The zero-order valence-corrected chi connectivity index (χ0v) is 32.0. The van der Waals surface area contributed by atoms with E-state index in [1.54, 1.807) is 0 Å². The van der Waals surface area contributed by atoms with Gasteiger partial charge in [-0.1, -0.05) is 152 Å². The van der Waals surface area contributed by atoms with Crippen molar-refractivity contribution in [2.75, 3.05) is 4.90 Å². The molecule has 4 heteroatoms. The molecule has 276 valence electrons. The lowest BCUT2D eigenvalue weighted by Gasteiger charge is -2.27. The van der Waals surface area contributed by atoms with E-state index in [2.05, 4.69) is 222 Å². The SMILES string of the molecule is c1ccc(-c2ccc(N(c3ccc4c(c3)c3c5ccccc5ccc3n4-c3ccccc3)c3cccc4nc(-c5cccc6ccccc56)oc34)c3ccccc23)cc1. The first-order valence-electron chi connectivity index (χ1n) is 20.0. The van der Waals surface area contributed by atoms with Gasteiger partial charge in [0, 0.05) is 33.1 Å². The van der Waals surface area contributed by atoms with Crippen LogP contribution in [0.4, 0.5) is 17.1 Å². The van der Waals surface area contributed by atoms with Crippen molar-refractivity contribution in [2.24, 2.45) is 0 Å². The Hall–Kier alpha value is -7.95. The first-order valence-corrected chi connectivity index (χ1v) is 20.0. The van der Waals surface area contributed by atoms with E-state index in [-0.39, 0.29) is 0 Å². The van der Waals surface area contributed by atoms with Gasteiger partial charge in [0.15, 0.2) is 5.58 Å². The van der Waals surface area contributed by atoms with Crippen LogP contribution >= 0.6 is 0 Å². The molecular weight excluding hydrogens is 719 g/mol. The molecule has 0 saturated carbocycles. The smallest absolute Gasteiger partial charge is 0.228 e. The Kier molecular flexibility index (Phi) is 7.50. The van der Waals surface area contributed by atoms with Crippen LogP contribution in [0.2, 0.25) is 0 Å². The maximum absolute atomic E-state index is 6.94. The minimum absolute atomic E-state index is 0.598. The summed E-state index contributed by atoms with van der Waals surface area (Å²) in [6.07, 6.45) is 0. The highest BCUT2D eigenvalue weighted by Crippen LogP contribution is 2.47. The van der Waals surface area contributed by atoms with E-state index in [1.807, 2.05) is 0 Å². The third kappa shape index (κ3) is 5.27. The molecule has 0 N–H and O–H groups in total. The van der Waals surface area contributed by atoms with E-state index in [9.17, 15) is 0 Å². The molecular formula is C55H35N3O. The summed E-state index contributed by atoms with van der Waals surface area (Å²) in [6, 6.07) is 75.7. The van der Waals surface area contributed by atoms with Gasteiger partial charge in [-0.15, -0.1) is 0 Å². The van der Waals surface area contributed by atoms with Crippen molar-refractivity contribution in [3.8, 4) is 28.3 Å². The molecule has 0 amide bonds. The van der Waals surface area contributed by atoms with E-state index in [0.717, 1.165) is 61.1 Å². The van der Waals surface area contributed by atoms with Crippen LogP contribution in [0.3, 0.4) is 0 Å². The topological polar surface area (TPSA) is 34.2 Å². The van der Waals surface area contributed by atoms with Gasteiger partial charge in [-0.3, -0.25) is 0 Å². The Morgan fingerprint density at radius 3 is 1.92 bits per heavy atom. The second-order valence-electron chi connectivity index (χ2n) is 15.1. The van der Waals surface area contributed by atoms with Crippen LogP contribution in [0, 0.1) is 0 Å².